The van der Waals surface area contributed by atoms with Crippen molar-refractivity contribution in [1.29, 1.82) is 0 Å². The monoisotopic (exact) mass is 198 g/mol. The maximum Gasteiger partial charge on any atom is 0.0329 e. The molecule has 14 heavy (non-hydrogen) atoms. The highest BCUT2D eigenvalue weighted by Gasteiger charge is 2.37. The second-order valence-corrected chi connectivity index (χ2v) is 5.04. The number of nitrogens with two attached hydrogens (primary N) is 1. The summed E-state index contributed by atoms with van der Waals surface area (Å²) in [7, 11) is 0. The number of hydrogen-bond acceptors (Lipinski definition) is 2. The lowest BCUT2D eigenvalue weighted by Gasteiger charge is -2.49. The first kappa shape index (κ1) is 12.0. The van der Waals surface area contributed by atoms with Crippen molar-refractivity contribution in [3.05, 3.63) is 0 Å². The van der Waals surface area contributed by atoms with Crippen LogP contribution in [0.25, 0.3) is 0 Å². The lowest BCUT2D eigenvalue weighted by atomic mass is 9.85. The van der Waals surface area contributed by atoms with E-state index in [4.69, 9.17) is 5.73 Å². The number of hydrogen-bond donors (Lipinski definition) is 1. The van der Waals surface area contributed by atoms with Crippen LogP contribution < -0.4 is 5.73 Å². The molecule has 0 radical (unpaired) electrons. The summed E-state index contributed by atoms with van der Waals surface area (Å²) in [6.45, 7) is 10.3. The molecule has 2 heteroatoms. The minimum absolute atomic E-state index is 0.194. The predicted octanol–water partition coefficient (Wildman–Crippen LogP) is 2.38. The normalized spacial score (nSPS) is 31.1. The van der Waals surface area contributed by atoms with Crippen molar-refractivity contribution >= 4 is 0 Å². The van der Waals surface area contributed by atoms with Crippen LogP contribution in [0.4, 0.5) is 0 Å². The second-order valence-electron chi connectivity index (χ2n) is 5.04. The molecule has 0 amide bonds. The van der Waals surface area contributed by atoms with Crippen LogP contribution >= 0.6 is 0 Å². The van der Waals surface area contributed by atoms with Crippen LogP contribution in [-0.2, 0) is 0 Å². The Kier molecular flexibility index (Phi) is 3.96. The molecule has 1 heterocycles. The Bertz CT molecular complexity index is 179. The van der Waals surface area contributed by atoms with Crippen LogP contribution in [0.3, 0.4) is 0 Å². The summed E-state index contributed by atoms with van der Waals surface area (Å²) < 4.78 is 0. The molecule has 0 aromatic rings. The van der Waals surface area contributed by atoms with Gasteiger partial charge in [-0.3, -0.25) is 4.90 Å². The summed E-state index contributed by atoms with van der Waals surface area (Å²) in [6.07, 6.45) is 5.21. The average molecular weight is 198 g/mol. The Morgan fingerprint density at radius 1 is 1.50 bits per heavy atom. The van der Waals surface area contributed by atoms with E-state index in [2.05, 4.69) is 32.6 Å². The van der Waals surface area contributed by atoms with Gasteiger partial charge < -0.3 is 5.73 Å². The van der Waals surface area contributed by atoms with Crippen LogP contribution in [0.15, 0.2) is 0 Å². The lowest BCUT2D eigenvalue weighted by molar-refractivity contribution is 0.0191. The fraction of sp³-hybridized carbons (Fsp3) is 1.00. The molecule has 3 atom stereocenters. The van der Waals surface area contributed by atoms with Crippen LogP contribution in [0.5, 0.6) is 0 Å². The summed E-state index contributed by atoms with van der Waals surface area (Å²) in [5.41, 5.74) is 6.33. The maximum atomic E-state index is 6.13. The first-order valence-corrected chi connectivity index (χ1v) is 6.04. The van der Waals surface area contributed by atoms with E-state index in [1.54, 1.807) is 0 Å². The summed E-state index contributed by atoms with van der Waals surface area (Å²) in [5, 5.41) is 0. The quantitative estimate of drug-likeness (QED) is 0.754. The smallest absolute Gasteiger partial charge is 0.0329 e. The van der Waals surface area contributed by atoms with Gasteiger partial charge in [0.25, 0.3) is 0 Å². The highest BCUT2D eigenvalue weighted by molar-refractivity contribution is 4.95. The third kappa shape index (κ3) is 2.12. The summed E-state index contributed by atoms with van der Waals surface area (Å²) >= 11 is 0. The van der Waals surface area contributed by atoms with Gasteiger partial charge in [0.15, 0.2) is 0 Å². The molecule has 0 aliphatic carbocycles. The molecule has 0 spiro atoms. The van der Waals surface area contributed by atoms with Crippen molar-refractivity contribution in [1.82, 2.24) is 4.90 Å². The molecule has 1 fully saturated rings. The first-order valence-electron chi connectivity index (χ1n) is 6.04. The lowest BCUT2D eigenvalue weighted by Crippen LogP contribution is -2.60. The van der Waals surface area contributed by atoms with Gasteiger partial charge in [-0.2, -0.15) is 0 Å². The third-order valence-corrected chi connectivity index (χ3v) is 4.16. The number of rotatable bonds is 3. The molecule has 0 aromatic heterocycles. The molecule has 0 bridgehead atoms. The van der Waals surface area contributed by atoms with E-state index in [0.717, 1.165) is 6.42 Å². The van der Waals surface area contributed by atoms with Crippen LogP contribution in [0, 0.1) is 0 Å². The van der Waals surface area contributed by atoms with Crippen molar-refractivity contribution in [2.75, 3.05) is 6.54 Å². The fourth-order valence-corrected chi connectivity index (χ4v) is 2.64. The molecule has 84 valence electrons. The van der Waals surface area contributed by atoms with Crippen molar-refractivity contribution in [2.24, 2.45) is 5.73 Å². The summed E-state index contributed by atoms with van der Waals surface area (Å²) in [6, 6.07) is 0.966. The molecule has 0 saturated carbocycles. The van der Waals surface area contributed by atoms with Gasteiger partial charge in [-0.1, -0.05) is 13.3 Å². The van der Waals surface area contributed by atoms with Crippen molar-refractivity contribution in [3.63, 3.8) is 0 Å². The Labute approximate surface area is 88.8 Å². The number of likely N-dealkylation sites (tertiary alicyclic amines) is 1. The Hall–Kier alpha value is -0.0800. The second kappa shape index (κ2) is 4.63. The number of nitrogens with zero attached hydrogens (tertiary/aromatic N) is 1. The van der Waals surface area contributed by atoms with E-state index in [0.29, 0.717) is 6.04 Å². The standard InChI is InChI=1S/C12H26N2/c1-5-12(4,11(3)13)14-9-7-6-8-10(14)2/h10-11H,5-9,13H2,1-4H3. The van der Waals surface area contributed by atoms with E-state index in [1.807, 2.05) is 0 Å². The maximum absolute atomic E-state index is 6.13. The van der Waals surface area contributed by atoms with E-state index in [-0.39, 0.29) is 11.6 Å². The summed E-state index contributed by atoms with van der Waals surface area (Å²) in [4.78, 5) is 2.63. The minimum atomic E-state index is 0.194. The Balaban J connectivity index is 2.76. The SMILES string of the molecule is CCC(C)(C(C)N)N1CCCCC1C. The van der Waals surface area contributed by atoms with Crippen molar-refractivity contribution in [2.45, 2.75) is 71.0 Å². The van der Waals surface area contributed by atoms with Gasteiger partial charge in [-0.25, -0.2) is 0 Å². The van der Waals surface area contributed by atoms with Gasteiger partial charge in [-0.05, 0) is 46.6 Å². The van der Waals surface area contributed by atoms with E-state index < -0.39 is 0 Å². The first-order chi connectivity index (χ1) is 6.52. The minimum Gasteiger partial charge on any atom is -0.326 e. The predicted molar refractivity (Wildman–Crippen MR) is 62.4 cm³/mol. The highest BCUT2D eigenvalue weighted by atomic mass is 15.2. The van der Waals surface area contributed by atoms with E-state index in [1.165, 1.54) is 25.8 Å². The molecule has 3 unspecified atom stereocenters. The van der Waals surface area contributed by atoms with E-state index in [9.17, 15) is 0 Å². The van der Waals surface area contributed by atoms with Gasteiger partial charge in [0.05, 0.1) is 0 Å². The van der Waals surface area contributed by atoms with Crippen LogP contribution in [0.1, 0.15) is 53.4 Å². The van der Waals surface area contributed by atoms with Crippen molar-refractivity contribution in [3.8, 4) is 0 Å². The average Bonchev–Trinajstić information content (AvgIpc) is 2.17. The van der Waals surface area contributed by atoms with Crippen molar-refractivity contribution < 1.29 is 0 Å². The largest absolute Gasteiger partial charge is 0.326 e. The van der Waals surface area contributed by atoms with Gasteiger partial charge >= 0.3 is 0 Å². The van der Waals surface area contributed by atoms with Crippen LogP contribution in [-0.4, -0.2) is 29.1 Å². The molecule has 1 saturated heterocycles. The molecular formula is C12H26N2. The third-order valence-electron chi connectivity index (χ3n) is 4.16. The molecule has 0 aromatic carbocycles. The molecule has 2 N–H and O–H groups in total. The Morgan fingerprint density at radius 3 is 2.57 bits per heavy atom. The highest BCUT2D eigenvalue weighted by Crippen LogP contribution is 2.30. The zero-order chi connectivity index (χ0) is 10.8. The molecule has 1 aliphatic rings. The zero-order valence-electron chi connectivity index (χ0n) is 10.2. The fourth-order valence-electron chi connectivity index (χ4n) is 2.64. The van der Waals surface area contributed by atoms with Gasteiger partial charge in [-0.15, -0.1) is 0 Å². The Morgan fingerprint density at radius 2 is 2.14 bits per heavy atom. The number of piperidine rings is 1. The van der Waals surface area contributed by atoms with Gasteiger partial charge in [0.1, 0.15) is 0 Å². The molecule has 1 rings (SSSR count). The molecule has 1 aliphatic heterocycles. The summed E-state index contributed by atoms with van der Waals surface area (Å²) in [5.74, 6) is 0. The van der Waals surface area contributed by atoms with Gasteiger partial charge in [0.2, 0.25) is 0 Å². The topological polar surface area (TPSA) is 29.3 Å². The molecule has 2 nitrogen and oxygen atoms in total. The molecular weight excluding hydrogens is 172 g/mol. The van der Waals surface area contributed by atoms with Crippen LogP contribution in [0.2, 0.25) is 0 Å². The van der Waals surface area contributed by atoms with E-state index >= 15 is 0 Å². The zero-order valence-corrected chi connectivity index (χ0v) is 10.2. The van der Waals surface area contributed by atoms with Gasteiger partial charge in [0, 0.05) is 17.6 Å².